The molecule has 2 aliphatic heterocycles. The number of aromatic nitrogens is 1. The lowest BCUT2D eigenvalue weighted by atomic mass is 9.91. The summed E-state index contributed by atoms with van der Waals surface area (Å²) in [5, 5.41) is 3.53. The van der Waals surface area contributed by atoms with Crippen LogP contribution in [0.15, 0.2) is 140 Å². The molecule has 7 aromatic rings. The normalized spacial score (nSPS) is 13.4. The van der Waals surface area contributed by atoms with E-state index >= 15 is 0 Å². The van der Waals surface area contributed by atoms with Gasteiger partial charge in [-0.3, -0.25) is 4.98 Å². The van der Waals surface area contributed by atoms with E-state index in [1.54, 1.807) is 0 Å². The molecule has 0 aliphatic carbocycles. The monoisotopic (exact) mass is 537 g/mol. The molecule has 6 aromatic carbocycles. The highest BCUT2D eigenvalue weighted by atomic mass is 15.2. The van der Waals surface area contributed by atoms with E-state index in [0.717, 1.165) is 29.4 Å². The summed E-state index contributed by atoms with van der Waals surface area (Å²) in [7, 11) is 0. The summed E-state index contributed by atoms with van der Waals surface area (Å²) in [5.41, 5.74) is 13.5. The Balaban J connectivity index is 1.43. The van der Waals surface area contributed by atoms with Crippen molar-refractivity contribution in [1.29, 1.82) is 0 Å². The molecule has 1 aromatic heterocycles. The molecule has 42 heavy (non-hydrogen) atoms. The average Bonchev–Trinajstić information content (AvgIpc) is 3.05. The molecular formula is C39H27N3. The lowest BCUT2D eigenvalue weighted by Gasteiger charge is -2.37. The smallest absolute Gasteiger partial charge is 0.0970 e. The molecule has 3 nitrogen and oxygen atoms in total. The largest absolute Gasteiger partial charge is 0.309 e. The zero-order valence-electron chi connectivity index (χ0n) is 23.0. The number of benzene rings is 6. The van der Waals surface area contributed by atoms with Crippen LogP contribution in [0.25, 0.3) is 21.7 Å². The number of anilines is 6. The molecule has 2 aliphatic rings. The molecule has 0 bridgehead atoms. The van der Waals surface area contributed by atoms with E-state index in [9.17, 15) is 0 Å². The molecule has 0 amide bonds. The molecule has 3 heteroatoms. The van der Waals surface area contributed by atoms with Gasteiger partial charge in [-0.15, -0.1) is 0 Å². The summed E-state index contributed by atoms with van der Waals surface area (Å²) in [6.45, 7) is 0. The Bertz CT molecular complexity index is 1880. The van der Waals surface area contributed by atoms with Crippen molar-refractivity contribution in [2.24, 2.45) is 0 Å². The quantitative estimate of drug-likeness (QED) is 0.205. The van der Waals surface area contributed by atoms with Gasteiger partial charge in [0.2, 0.25) is 0 Å². The van der Waals surface area contributed by atoms with Gasteiger partial charge in [-0.1, -0.05) is 97.1 Å². The summed E-state index contributed by atoms with van der Waals surface area (Å²) >= 11 is 0. The van der Waals surface area contributed by atoms with Crippen LogP contribution in [0.3, 0.4) is 0 Å². The highest BCUT2D eigenvalue weighted by Gasteiger charge is 2.31. The van der Waals surface area contributed by atoms with Crippen molar-refractivity contribution in [3.05, 3.63) is 162 Å². The first kappa shape index (κ1) is 23.3. The third-order valence-corrected chi connectivity index (χ3v) is 8.86. The van der Waals surface area contributed by atoms with Gasteiger partial charge in [0.1, 0.15) is 0 Å². The first-order chi connectivity index (χ1) is 20.9. The zero-order valence-corrected chi connectivity index (χ0v) is 23.0. The molecule has 0 N–H and O–H groups in total. The number of hydrogen-bond donors (Lipinski definition) is 0. The second kappa shape index (κ2) is 9.05. The molecule has 3 heterocycles. The van der Waals surface area contributed by atoms with Crippen molar-refractivity contribution in [1.82, 2.24) is 4.98 Å². The number of hydrogen-bond acceptors (Lipinski definition) is 3. The molecule has 0 unspecified atom stereocenters. The lowest BCUT2D eigenvalue weighted by molar-refractivity contribution is 1.09. The van der Waals surface area contributed by atoms with Crippen LogP contribution in [-0.2, 0) is 12.8 Å². The van der Waals surface area contributed by atoms with Gasteiger partial charge in [0.05, 0.1) is 16.9 Å². The Hall–Kier alpha value is -5.41. The minimum atomic E-state index is 0.922. The van der Waals surface area contributed by atoms with Gasteiger partial charge in [-0.25, -0.2) is 0 Å². The maximum Gasteiger partial charge on any atom is 0.0970 e. The molecule has 198 valence electrons. The summed E-state index contributed by atoms with van der Waals surface area (Å²) < 4.78 is 0. The molecule has 0 radical (unpaired) electrons. The topological polar surface area (TPSA) is 19.4 Å². The third kappa shape index (κ3) is 3.31. The summed E-state index contributed by atoms with van der Waals surface area (Å²) in [5.74, 6) is 0. The van der Waals surface area contributed by atoms with Gasteiger partial charge in [0.15, 0.2) is 0 Å². The number of nitrogens with zero attached hydrogens (tertiary/aromatic N) is 3. The fourth-order valence-electron chi connectivity index (χ4n) is 7.09. The van der Waals surface area contributed by atoms with E-state index in [2.05, 4.69) is 143 Å². The van der Waals surface area contributed by atoms with Crippen molar-refractivity contribution in [2.75, 3.05) is 9.80 Å². The molecular weight excluding hydrogens is 510 g/mol. The Morgan fingerprint density at radius 3 is 1.26 bits per heavy atom. The van der Waals surface area contributed by atoms with Crippen LogP contribution in [0.5, 0.6) is 0 Å². The molecule has 0 saturated heterocycles. The van der Waals surface area contributed by atoms with E-state index in [0.29, 0.717) is 0 Å². The molecule has 0 atom stereocenters. The van der Waals surface area contributed by atoms with Crippen LogP contribution in [0.2, 0.25) is 0 Å². The van der Waals surface area contributed by atoms with Gasteiger partial charge >= 0.3 is 0 Å². The highest BCUT2D eigenvalue weighted by molar-refractivity contribution is 6.22. The van der Waals surface area contributed by atoms with Crippen LogP contribution < -0.4 is 9.80 Å². The van der Waals surface area contributed by atoms with E-state index in [-0.39, 0.29) is 0 Å². The number of rotatable bonds is 2. The minimum absolute atomic E-state index is 0.922. The standard InChI is InChI=1S/C39H27N3/c1-7-19-33-26(12-1)24-27-13-2-8-20-34(27)41(33)38-30-16-5-6-17-31(30)39(37-32(38)18-11-23-40-37)42-35-21-9-3-14-28(35)25-29-15-4-10-22-36(29)42/h1-23H,24-25H2. The second-order valence-corrected chi connectivity index (χ2v) is 11.2. The second-order valence-electron chi connectivity index (χ2n) is 11.2. The van der Waals surface area contributed by atoms with Crippen LogP contribution in [0.4, 0.5) is 34.1 Å². The van der Waals surface area contributed by atoms with E-state index in [4.69, 9.17) is 4.98 Å². The highest BCUT2D eigenvalue weighted by Crippen LogP contribution is 2.54. The lowest BCUT2D eigenvalue weighted by Crippen LogP contribution is -2.21. The number of fused-ring (bicyclic) bond motifs is 6. The predicted octanol–water partition coefficient (Wildman–Crippen LogP) is 10.1. The van der Waals surface area contributed by atoms with Gasteiger partial charge < -0.3 is 9.80 Å². The van der Waals surface area contributed by atoms with Crippen molar-refractivity contribution in [3.8, 4) is 0 Å². The number of pyridine rings is 1. The minimum Gasteiger partial charge on any atom is -0.309 e. The summed E-state index contributed by atoms with van der Waals surface area (Å²) in [6.07, 6.45) is 3.78. The first-order valence-corrected chi connectivity index (χ1v) is 14.6. The van der Waals surface area contributed by atoms with Crippen molar-refractivity contribution >= 4 is 55.8 Å². The summed E-state index contributed by atoms with van der Waals surface area (Å²) in [4.78, 5) is 10.1. The Kier molecular flexibility index (Phi) is 5.02. The molecule has 0 fully saturated rings. The molecule has 0 spiro atoms. The van der Waals surface area contributed by atoms with Crippen molar-refractivity contribution < 1.29 is 0 Å². The predicted molar refractivity (Wildman–Crippen MR) is 174 cm³/mol. The van der Waals surface area contributed by atoms with E-state index < -0.39 is 0 Å². The molecule has 9 rings (SSSR count). The number of para-hydroxylation sites is 4. The molecule has 0 saturated carbocycles. The summed E-state index contributed by atoms with van der Waals surface area (Å²) in [6, 6.07) is 48.4. The van der Waals surface area contributed by atoms with Gasteiger partial charge in [-0.05, 0) is 58.7 Å². The SMILES string of the molecule is c1ccc2c(c1)Cc1ccccc1N2c1c2ccccc2c(N2c3ccccc3Cc3ccccc32)c2ncccc12. The van der Waals surface area contributed by atoms with Crippen LogP contribution in [0.1, 0.15) is 22.3 Å². The maximum atomic E-state index is 5.15. The fraction of sp³-hybridized carbons (Fsp3) is 0.0513. The Morgan fingerprint density at radius 2 is 0.762 bits per heavy atom. The van der Waals surface area contributed by atoms with E-state index in [1.807, 2.05) is 6.20 Å². The van der Waals surface area contributed by atoms with Gasteiger partial charge in [0, 0.05) is 57.9 Å². The first-order valence-electron chi connectivity index (χ1n) is 14.6. The maximum absolute atomic E-state index is 5.15. The third-order valence-electron chi connectivity index (χ3n) is 8.86. The fourth-order valence-corrected chi connectivity index (χ4v) is 7.09. The van der Waals surface area contributed by atoms with Crippen LogP contribution >= 0.6 is 0 Å². The van der Waals surface area contributed by atoms with Gasteiger partial charge in [-0.2, -0.15) is 0 Å². The Labute approximate surface area is 244 Å². The average molecular weight is 538 g/mol. The van der Waals surface area contributed by atoms with Crippen LogP contribution in [0, 0.1) is 0 Å². The van der Waals surface area contributed by atoms with Gasteiger partial charge in [0.25, 0.3) is 0 Å². The van der Waals surface area contributed by atoms with E-state index in [1.165, 1.54) is 61.5 Å². The zero-order chi connectivity index (χ0) is 27.6. The Morgan fingerprint density at radius 1 is 0.381 bits per heavy atom. The van der Waals surface area contributed by atoms with Crippen LogP contribution in [-0.4, -0.2) is 4.98 Å². The van der Waals surface area contributed by atoms with Crippen molar-refractivity contribution in [2.45, 2.75) is 12.8 Å². The van der Waals surface area contributed by atoms with Crippen molar-refractivity contribution in [3.63, 3.8) is 0 Å².